The van der Waals surface area contributed by atoms with E-state index in [9.17, 15) is 9.70 Å². The number of aldehydes is 1. The molecule has 1 rings (SSSR count). The van der Waals surface area contributed by atoms with Gasteiger partial charge in [-0.25, -0.2) is 0 Å². The van der Waals surface area contributed by atoms with Crippen molar-refractivity contribution in [2.45, 2.75) is 0 Å². The van der Waals surface area contributed by atoms with Crippen molar-refractivity contribution in [1.82, 2.24) is 0 Å². The van der Waals surface area contributed by atoms with Crippen LogP contribution in [0, 0.1) is 4.91 Å². The third kappa shape index (κ3) is 1.24. The van der Waals surface area contributed by atoms with Gasteiger partial charge < -0.3 is 10.2 Å². The number of rotatable bonds is 2. The molecule has 0 heterocycles. The molecule has 0 radical (unpaired) electrons. The topological polar surface area (TPSA) is 87.0 Å². The fourth-order valence-electron chi connectivity index (χ4n) is 0.782. The van der Waals surface area contributed by atoms with E-state index in [1.54, 1.807) is 0 Å². The van der Waals surface area contributed by atoms with Crippen LogP contribution in [0.15, 0.2) is 17.3 Å². The van der Waals surface area contributed by atoms with Crippen molar-refractivity contribution in [3.63, 3.8) is 0 Å². The maximum atomic E-state index is 10.2. The van der Waals surface area contributed by atoms with Crippen LogP contribution in [0.4, 0.5) is 5.69 Å². The second-order valence-corrected chi connectivity index (χ2v) is 2.11. The summed E-state index contributed by atoms with van der Waals surface area (Å²) in [6.07, 6.45) is 0.291. The van der Waals surface area contributed by atoms with Gasteiger partial charge in [0.05, 0.1) is 5.56 Å². The zero-order valence-electron chi connectivity index (χ0n) is 5.89. The first-order valence-electron chi connectivity index (χ1n) is 3.03. The fourth-order valence-corrected chi connectivity index (χ4v) is 0.782. The second kappa shape index (κ2) is 3.00. The molecule has 2 N–H and O–H groups in total. The lowest BCUT2D eigenvalue weighted by molar-refractivity contribution is 0.111. The minimum absolute atomic E-state index is 0.129. The van der Waals surface area contributed by atoms with Gasteiger partial charge in [-0.2, -0.15) is 0 Å². The average Bonchev–Trinajstić information content (AvgIpc) is 2.03. The lowest BCUT2D eigenvalue weighted by Gasteiger charge is -1.99. The molecule has 0 amide bonds. The molecule has 5 heteroatoms. The fraction of sp³-hybridized carbons (Fsp3) is 0. The normalized spacial score (nSPS) is 9.33. The zero-order chi connectivity index (χ0) is 9.14. The van der Waals surface area contributed by atoms with Crippen molar-refractivity contribution in [2.75, 3.05) is 0 Å². The summed E-state index contributed by atoms with van der Waals surface area (Å²) in [7, 11) is 0. The number of nitroso groups, excluding NO2 is 1. The van der Waals surface area contributed by atoms with Crippen molar-refractivity contribution in [2.24, 2.45) is 5.18 Å². The summed E-state index contributed by atoms with van der Waals surface area (Å²) in [5.41, 5.74) is -0.377. The van der Waals surface area contributed by atoms with Crippen molar-refractivity contribution in [3.05, 3.63) is 22.6 Å². The minimum atomic E-state index is -0.459. The minimum Gasteiger partial charge on any atom is -0.507 e. The maximum Gasteiger partial charge on any atom is 0.157 e. The summed E-state index contributed by atoms with van der Waals surface area (Å²) in [4.78, 5) is 20.2. The van der Waals surface area contributed by atoms with E-state index in [0.717, 1.165) is 12.1 Å². The first-order valence-corrected chi connectivity index (χ1v) is 3.03. The standard InChI is InChI=1S/C7H5NO4/c9-3-5-6(10)1-4(8-12)2-7(5)11/h1-3,10-11H. The van der Waals surface area contributed by atoms with E-state index >= 15 is 0 Å². The van der Waals surface area contributed by atoms with Crippen LogP contribution in [0.2, 0.25) is 0 Å². The highest BCUT2D eigenvalue weighted by molar-refractivity contribution is 5.84. The van der Waals surface area contributed by atoms with Gasteiger partial charge >= 0.3 is 0 Å². The third-order valence-corrected chi connectivity index (χ3v) is 1.34. The summed E-state index contributed by atoms with van der Waals surface area (Å²) in [6.45, 7) is 0. The maximum absolute atomic E-state index is 10.2. The van der Waals surface area contributed by atoms with Crippen LogP contribution in [0.3, 0.4) is 0 Å². The number of carbonyl (C=O) groups is 1. The molecule has 1 aromatic rings. The van der Waals surface area contributed by atoms with Gasteiger partial charge in [0.2, 0.25) is 0 Å². The summed E-state index contributed by atoms with van der Waals surface area (Å²) < 4.78 is 0. The number of aromatic hydroxyl groups is 2. The molecule has 1 aromatic carbocycles. The van der Waals surface area contributed by atoms with Crippen molar-refractivity contribution in [1.29, 1.82) is 0 Å². The third-order valence-electron chi connectivity index (χ3n) is 1.34. The molecular weight excluding hydrogens is 162 g/mol. The highest BCUT2D eigenvalue weighted by Gasteiger charge is 2.08. The molecule has 0 unspecified atom stereocenters. The number of nitrogens with zero attached hydrogens (tertiary/aromatic N) is 1. The van der Waals surface area contributed by atoms with E-state index in [2.05, 4.69) is 5.18 Å². The molecule has 0 aliphatic heterocycles. The number of hydrogen-bond donors (Lipinski definition) is 2. The predicted octanol–water partition coefficient (Wildman–Crippen LogP) is 1.31. The van der Waals surface area contributed by atoms with E-state index in [4.69, 9.17) is 10.2 Å². The van der Waals surface area contributed by atoms with Crippen LogP contribution in [-0.4, -0.2) is 16.5 Å². The Kier molecular flexibility index (Phi) is 2.05. The van der Waals surface area contributed by atoms with Gasteiger partial charge in [0, 0.05) is 12.1 Å². The van der Waals surface area contributed by atoms with E-state index in [0.29, 0.717) is 6.29 Å². The Balaban J connectivity index is 3.36. The van der Waals surface area contributed by atoms with Crippen LogP contribution in [0.5, 0.6) is 11.5 Å². The van der Waals surface area contributed by atoms with Gasteiger partial charge in [0.25, 0.3) is 0 Å². The van der Waals surface area contributed by atoms with E-state index < -0.39 is 11.5 Å². The summed E-state index contributed by atoms with van der Waals surface area (Å²) >= 11 is 0. The smallest absolute Gasteiger partial charge is 0.157 e. The lowest BCUT2D eigenvalue weighted by atomic mass is 10.2. The molecule has 0 spiro atoms. The molecular formula is C7H5NO4. The predicted molar refractivity (Wildman–Crippen MR) is 40.6 cm³/mol. The molecule has 0 aromatic heterocycles. The molecule has 0 saturated carbocycles. The molecule has 0 saturated heterocycles. The number of phenols is 2. The van der Waals surface area contributed by atoms with E-state index in [1.807, 2.05) is 0 Å². The molecule has 0 atom stereocenters. The number of benzene rings is 1. The average molecular weight is 167 g/mol. The Morgan fingerprint density at radius 1 is 1.25 bits per heavy atom. The summed E-state index contributed by atoms with van der Waals surface area (Å²) in [6, 6.07) is 1.99. The first-order chi connectivity index (χ1) is 5.69. The van der Waals surface area contributed by atoms with Crippen molar-refractivity contribution >= 4 is 12.0 Å². The van der Waals surface area contributed by atoms with Gasteiger partial charge in [0.15, 0.2) is 6.29 Å². The second-order valence-electron chi connectivity index (χ2n) is 2.11. The molecule has 62 valence electrons. The van der Waals surface area contributed by atoms with Gasteiger partial charge in [-0.05, 0) is 5.18 Å². The molecule has 0 bridgehead atoms. The Morgan fingerprint density at radius 2 is 1.75 bits per heavy atom. The number of hydrogen-bond acceptors (Lipinski definition) is 5. The first kappa shape index (κ1) is 8.19. The van der Waals surface area contributed by atoms with Crippen LogP contribution in [0.1, 0.15) is 10.4 Å². The molecule has 0 aliphatic carbocycles. The van der Waals surface area contributed by atoms with Crippen LogP contribution in [-0.2, 0) is 0 Å². The van der Waals surface area contributed by atoms with Gasteiger partial charge in [-0.3, -0.25) is 4.79 Å². The Morgan fingerprint density at radius 3 is 2.08 bits per heavy atom. The summed E-state index contributed by atoms with van der Waals surface area (Å²) in [5, 5.41) is 20.5. The van der Waals surface area contributed by atoms with E-state index in [-0.39, 0.29) is 11.3 Å². The highest BCUT2D eigenvalue weighted by Crippen LogP contribution is 2.30. The van der Waals surface area contributed by atoms with E-state index in [1.165, 1.54) is 0 Å². The molecule has 0 fully saturated rings. The van der Waals surface area contributed by atoms with Gasteiger partial charge in [0.1, 0.15) is 17.2 Å². The SMILES string of the molecule is O=Cc1c(O)cc(N=O)cc1O. The quantitative estimate of drug-likeness (QED) is 0.513. The van der Waals surface area contributed by atoms with Gasteiger partial charge in [-0.1, -0.05) is 0 Å². The van der Waals surface area contributed by atoms with Crippen LogP contribution in [0.25, 0.3) is 0 Å². The largest absolute Gasteiger partial charge is 0.507 e. The Labute approximate surface area is 67.2 Å². The monoisotopic (exact) mass is 167 g/mol. The zero-order valence-corrected chi connectivity index (χ0v) is 5.89. The molecule has 5 nitrogen and oxygen atoms in total. The van der Waals surface area contributed by atoms with Crippen LogP contribution >= 0.6 is 0 Å². The van der Waals surface area contributed by atoms with Crippen LogP contribution < -0.4 is 0 Å². The number of phenolic OH excluding ortho intramolecular Hbond substituents is 2. The van der Waals surface area contributed by atoms with Gasteiger partial charge in [-0.15, -0.1) is 4.91 Å². The molecule has 12 heavy (non-hydrogen) atoms. The van der Waals surface area contributed by atoms with Crippen molar-refractivity contribution in [3.8, 4) is 11.5 Å². The summed E-state index contributed by atoms with van der Waals surface area (Å²) in [5.74, 6) is -0.917. The molecule has 0 aliphatic rings. The lowest BCUT2D eigenvalue weighted by Crippen LogP contribution is -1.81. The Hall–Kier alpha value is -1.91. The Bertz CT molecular complexity index is 311. The highest BCUT2D eigenvalue weighted by atomic mass is 16.3. The van der Waals surface area contributed by atoms with Crippen molar-refractivity contribution < 1.29 is 15.0 Å². The number of carbonyl (C=O) groups excluding carboxylic acids is 1.